The Kier molecular flexibility index (Phi) is 4.17. The fourth-order valence-electron chi connectivity index (χ4n) is 1.30. The minimum absolute atomic E-state index is 0.211. The van der Waals surface area contributed by atoms with Crippen molar-refractivity contribution in [3.8, 4) is 0 Å². The summed E-state index contributed by atoms with van der Waals surface area (Å²) in [5, 5.41) is 12.4. The summed E-state index contributed by atoms with van der Waals surface area (Å²) in [5.74, 6) is 1.89. The second kappa shape index (κ2) is 5.17. The van der Waals surface area contributed by atoms with E-state index in [1.54, 1.807) is 6.92 Å². The molecule has 2 N–H and O–H groups in total. The quantitative estimate of drug-likeness (QED) is 0.759. The maximum absolute atomic E-state index is 9.08. The molecule has 0 radical (unpaired) electrons. The molecular formula is C11H19NO2. The maximum atomic E-state index is 9.08. The number of nitrogens with one attached hydrogen (secondary N) is 1. The monoisotopic (exact) mass is 197 g/mol. The average molecular weight is 197 g/mol. The van der Waals surface area contributed by atoms with Gasteiger partial charge in [-0.15, -0.1) is 0 Å². The predicted octanol–water partition coefficient (Wildman–Crippen LogP) is 2.01. The van der Waals surface area contributed by atoms with E-state index in [0.29, 0.717) is 0 Å². The van der Waals surface area contributed by atoms with Crippen LogP contribution in [0.5, 0.6) is 0 Å². The molecule has 0 bridgehead atoms. The first kappa shape index (κ1) is 11.3. The van der Waals surface area contributed by atoms with Crippen molar-refractivity contribution >= 4 is 0 Å². The van der Waals surface area contributed by atoms with Crippen LogP contribution in [0.15, 0.2) is 16.5 Å². The van der Waals surface area contributed by atoms with E-state index >= 15 is 0 Å². The van der Waals surface area contributed by atoms with E-state index in [4.69, 9.17) is 9.52 Å². The summed E-state index contributed by atoms with van der Waals surface area (Å²) in [6.07, 6.45) is 0.525. The lowest BCUT2D eigenvalue weighted by Crippen LogP contribution is -2.22. The van der Waals surface area contributed by atoms with E-state index in [1.807, 2.05) is 19.1 Å². The van der Waals surface area contributed by atoms with Crippen LogP contribution in [0.1, 0.15) is 37.8 Å². The third kappa shape index (κ3) is 3.52. The second-order valence-corrected chi connectivity index (χ2v) is 3.76. The number of rotatable bonds is 5. The van der Waals surface area contributed by atoms with Crippen LogP contribution in [-0.2, 0) is 0 Å². The highest BCUT2D eigenvalue weighted by atomic mass is 16.3. The Balaban J connectivity index is 2.32. The van der Waals surface area contributed by atoms with Crippen molar-refractivity contribution in [2.24, 2.45) is 0 Å². The topological polar surface area (TPSA) is 45.4 Å². The lowest BCUT2D eigenvalue weighted by atomic mass is 10.2. The molecule has 0 spiro atoms. The van der Waals surface area contributed by atoms with Crippen LogP contribution in [0.25, 0.3) is 0 Å². The summed E-state index contributed by atoms with van der Waals surface area (Å²) in [7, 11) is 0. The minimum atomic E-state index is -0.243. The Morgan fingerprint density at radius 3 is 2.64 bits per heavy atom. The van der Waals surface area contributed by atoms with Crippen molar-refractivity contribution in [1.82, 2.24) is 5.32 Å². The standard InChI is InChI=1S/C11H19NO2/c1-8(13)6-7-12-10(3)11-5-4-9(2)14-11/h4-5,8,10,12-13H,6-7H2,1-3H3/t8-,10+/m1/s1. The van der Waals surface area contributed by atoms with E-state index in [9.17, 15) is 0 Å². The van der Waals surface area contributed by atoms with Crippen LogP contribution in [0.3, 0.4) is 0 Å². The van der Waals surface area contributed by atoms with Crippen molar-refractivity contribution in [2.75, 3.05) is 6.54 Å². The molecule has 80 valence electrons. The SMILES string of the molecule is Cc1ccc([C@H](C)NCC[C@@H](C)O)o1. The van der Waals surface area contributed by atoms with Crippen molar-refractivity contribution in [3.63, 3.8) is 0 Å². The molecule has 0 fully saturated rings. The molecule has 0 aliphatic heterocycles. The second-order valence-electron chi connectivity index (χ2n) is 3.76. The molecular weight excluding hydrogens is 178 g/mol. The number of aliphatic hydroxyl groups is 1. The zero-order valence-corrected chi connectivity index (χ0v) is 9.08. The van der Waals surface area contributed by atoms with Crippen LogP contribution in [-0.4, -0.2) is 17.8 Å². The summed E-state index contributed by atoms with van der Waals surface area (Å²) in [6, 6.07) is 4.15. The van der Waals surface area contributed by atoms with E-state index in [-0.39, 0.29) is 12.1 Å². The summed E-state index contributed by atoms with van der Waals surface area (Å²) in [4.78, 5) is 0. The molecule has 0 aliphatic rings. The first-order valence-corrected chi connectivity index (χ1v) is 5.07. The van der Waals surface area contributed by atoms with E-state index in [0.717, 1.165) is 24.5 Å². The fourth-order valence-corrected chi connectivity index (χ4v) is 1.30. The molecule has 14 heavy (non-hydrogen) atoms. The van der Waals surface area contributed by atoms with Gasteiger partial charge in [-0.25, -0.2) is 0 Å². The maximum Gasteiger partial charge on any atom is 0.120 e. The largest absolute Gasteiger partial charge is 0.465 e. The molecule has 2 atom stereocenters. The summed E-state index contributed by atoms with van der Waals surface area (Å²) in [6.45, 7) is 6.59. The summed E-state index contributed by atoms with van der Waals surface area (Å²) in [5.41, 5.74) is 0. The van der Waals surface area contributed by atoms with Gasteiger partial charge in [-0.2, -0.15) is 0 Å². The predicted molar refractivity (Wildman–Crippen MR) is 56.2 cm³/mol. The summed E-state index contributed by atoms with van der Waals surface area (Å²) >= 11 is 0. The Bertz CT molecular complexity index is 268. The zero-order chi connectivity index (χ0) is 10.6. The van der Waals surface area contributed by atoms with Gasteiger partial charge < -0.3 is 14.8 Å². The zero-order valence-electron chi connectivity index (χ0n) is 9.08. The molecule has 1 rings (SSSR count). The normalized spacial score (nSPS) is 15.4. The molecule has 1 aromatic rings. The molecule has 0 saturated heterocycles. The molecule has 0 aliphatic carbocycles. The lowest BCUT2D eigenvalue weighted by molar-refractivity contribution is 0.182. The highest BCUT2D eigenvalue weighted by Crippen LogP contribution is 2.15. The van der Waals surface area contributed by atoms with Crippen LogP contribution in [0.2, 0.25) is 0 Å². The van der Waals surface area contributed by atoms with Crippen molar-refractivity contribution in [3.05, 3.63) is 23.7 Å². The van der Waals surface area contributed by atoms with Gasteiger partial charge in [0.15, 0.2) is 0 Å². The van der Waals surface area contributed by atoms with Crippen LogP contribution in [0.4, 0.5) is 0 Å². The Labute approximate surface area is 85.1 Å². The van der Waals surface area contributed by atoms with Gasteiger partial charge in [0.2, 0.25) is 0 Å². The summed E-state index contributed by atoms with van der Waals surface area (Å²) < 4.78 is 5.48. The van der Waals surface area contributed by atoms with Crippen molar-refractivity contribution in [2.45, 2.75) is 39.3 Å². The number of hydrogen-bond donors (Lipinski definition) is 2. The van der Waals surface area contributed by atoms with Gasteiger partial charge in [-0.1, -0.05) is 0 Å². The van der Waals surface area contributed by atoms with Crippen LogP contribution >= 0.6 is 0 Å². The van der Waals surface area contributed by atoms with E-state index in [2.05, 4.69) is 12.2 Å². The van der Waals surface area contributed by atoms with Gasteiger partial charge in [0, 0.05) is 0 Å². The number of aryl methyl sites for hydroxylation is 1. The molecule has 3 nitrogen and oxygen atoms in total. The average Bonchev–Trinajstić information content (AvgIpc) is 2.51. The third-order valence-electron chi connectivity index (χ3n) is 2.20. The highest BCUT2D eigenvalue weighted by molar-refractivity contribution is 5.08. The van der Waals surface area contributed by atoms with E-state index < -0.39 is 0 Å². The Morgan fingerprint density at radius 1 is 1.43 bits per heavy atom. The molecule has 0 aromatic carbocycles. The van der Waals surface area contributed by atoms with Crippen LogP contribution < -0.4 is 5.32 Å². The first-order valence-electron chi connectivity index (χ1n) is 5.07. The molecule has 1 heterocycles. The molecule has 3 heteroatoms. The molecule has 0 saturated carbocycles. The van der Waals surface area contributed by atoms with Crippen molar-refractivity contribution < 1.29 is 9.52 Å². The smallest absolute Gasteiger partial charge is 0.120 e. The van der Waals surface area contributed by atoms with Gasteiger partial charge >= 0.3 is 0 Å². The van der Waals surface area contributed by atoms with Gasteiger partial charge in [-0.05, 0) is 45.9 Å². The van der Waals surface area contributed by atoms with Gasteiger partial charge in [0.05, 0.1) is 12.1 Å². The minimum Gasteiger partial charge on any atom is -0.465 e. The lowest BCUT2D eigenvalue weighted by Gasteiger charge is -2.11. The van der Waals surface area contributed by atoms with Gasteiger partial charge in [0.1, 0.15) is 11.5 Å². The van der Waals surface area contributed by atoms with Gasteiger partial charge in [-0.3, -0.25) is 0 Å². The van der Waals surface area contributed by atoms with Crippen LogP contribution in [0, 0.1) is 6.92 Å². The Hall–Kier alpha value is -0.800. The van der Waals surface area contributed by atoms with Gasteiger partial charge in [0.25, 0.3) is 0 Å². The van der Waals surface area contributed by atoms with E-state index in [1.165, 1.54) is 0 Å². The molecule has 1 aromatic heterocycles. The third-order valence-corrected chi connectivity index (χ3v) is 2.20. The number of aliphatic hydroxyl groups excluding tert-OH is 1. The first-order chi connectivity index (χ1) is 6.59. The van der Waals surface area contributed by atoms with Crippen molar-refractivity contribution in [1.29, 1.82) is 0 Å². The Morgan fingerprint density at radius 2 is 2.14 bits per heavy atom. The fraction of sp³-hybridized carbons (Fsp3) is 0.636. The molecule has 0 unspecified atom stereocenters. The number of hydrogen-bond acceptors (Lipinski definition) is 3. The highest BCUT2D eigenvalue weighted by Gasteiger charge is 2.08. The number of furan rings is 1. The molecule has 0 amide bonds.